The third-order valence-corrected chi connectivity index (χ3v) is 5.92. The Morgan fingerprint density at radius 1 is 1.06 bits per heavy atom. The maximum Gasteiger partial charge on any atom is 0.321 e. The summed E-state index contributed by atoms with van der Waals surface area (Å²) in [6.45, 7) is 5.94. The molecular formula is C25H26N4O3. The molecule has 2 saturated heterocycles. The molecule has 2 aromatic rings. The SMILES string of the molecule is Cc1ccc(N2CC(C(=O)NCC#Cc3ccc(N4CCNC4=O)cc3)CC2=O)cc1C. The van der Waals surface area contributed by atoms with Crippen LogP contribution in [0.15, 0.2) is 42.5 Å². The zero-order chi connectivity index (χ0) is 22.7. The third kappa shape index (κ3) is 4.59. The lowest BCUT2D eigenvalue weighted by Gasteiger charge is -2.17. The monoisotopic (exact) mass is 430 g/mol. The van der Waals surface area contributed by atoms with E-state index in [0.717, 1.165) is 22.5 Å². The van der Waals surface area contributed by atoms with E-state index in [0.29, 0.717) is 19.6 Å². The van der Waals surface area contributed by atoms with E-state index in [9.17, 15) is 14.4 Å². The summed E-state index contributed by atoms with van der Waals surface area (Å²) in [6.07, 6.45) is 0.206. The Morgan fingerprint density at radius 2 is 1.81 bits per heavy atom. The van der Waals surface area contributed by atoms with Crippen molar-refractivity contribution in [3.05, 3.63) is 59.2 Å². The predicted octanol–water partition coefficient (Wildman–Crippen LogP) is 2.35. The van der Waals surface area contributed by atoms with Gasteiger partial charge in [0, 0.05) is 43.0 Å². The second-order valence-corrected chi connectivity index (χ2v) is 8.12. The lowest BCUT2D eigenvalue weighted by Crippen LogP contribution is -2.33. The molecule has 1 atom stereocenters. The number of urea groups is 1. The number of nitrogens with zero attached hydrogens (tertiary/aromatic N) is 2. The van der Waals surface area contributed by atoms with Gasteiger partial charge in [-0.2, -0.15) is 0 Å². The van der Waals surface area contributed by atoms with Gasteiger partial charge in [0.1, 0.15) is 0 Å². The van der Waals surface area contributed by atoms with Crippen molar-refractivity contribution in [2.24, 2.45) is 5.92 Å². The first-order valence-electron chi connectivity index (χ1n) is 10.7. The Balaban J connectivity index is 1.29. The van der Waals surface area contributed by atoms with Crippen molar-refractivity contribution >= 4 is 29.2 Å². The van der Waals surface area contributed by atoms with Gasteiger partial charge < -0.3 is 15.5 Å². The van der Waals surface area contributed by atoms with E-state index in [1.807, 2.05) is 56.3 Å². The van der Waals surface area contributed by atoms with Crippen LogP contribution in [-0.2, 0) is 9.59 Å². The van der Waals surface area contributed by atoms with Crippen molar-refractivity contribution in [2.75, 3.05) is 36.0 Å². The fraction of sp³-hybridized carbons (Fsp3) is 0.320. The first-order valence-corrected chi connectivity index (χ1v) is 10.7. The number of anilines is 2. The molecule has 2 N–H and O–H groups in total. The average Bonchev–Trinajstić information content (AvgIpc) is 3.39. The predicted molar refractivity (Wildman–Crippen MR) is 123 cm³/mol. The lowest BCUT2D eigenvalue weighted by molar-refractivity contribution is -0.126. The summed E-state index contributed by atoms with van der Waals surface area (Å²) in [5, 5.41) is 5.59. The van der Waals surface area contributed by atoms with Gasteiger partial charge in [-0.3, -0.25) is 14.5 Å². The molecule has 2 aliphatic heterocycles. The van der Waals surface area contributed by atoms with E-state index in [1.165, 1.54) is 5.56 Å². The zero-order valence-corrected chi connectivity index (χ0v) is 18.3. The quantitative estimate of drug-likeness (QED) is 0.731. The van der Waals surface area contributed by atoms with Gasteiger partial charge in [0.15, 0.2) is 0 Å². The minimum atomic E-state index is -0.378. The van der Waals surface area contributed by atoms with Crippen LogP contribution in [0, 0.1) is 31.6 Å². The maximum absolute atomic E-state index is 12.5. The number of carbonyl (C=O) groups excluding carboxylic acids is 3. The standard InChI is InChI=1S/C25H26N4O3/c1-17-5-8-22(14-18(17)2)29-16-20(15-23(29)30)24(31)26-11-3-4-19-6-9-21(10-7-19)28-13-12-27-25(28)32/h5-10,14,20H,11-13,15-16H2,1-2H3,(H,26,31)(H,27,32). The van der Waals surface area contributed by atoms with Crippen LogP contribution in [0.3, 0.4) is 0 Å². The summed E-state index contributed by atoms with van der Waals surface area (Å²) in [6, 6.07) is 13.2. The van der Waals surface area contributed by atoms with E-state index in [1.54, 1.807) is 9.80 Å². The number of hydrogen-bond acceptors (Lipinski definition) is 3. The van der Waals surface area contributed by atoms with Crippen LogP contribution in [-0.4, -0.2) is 44.0 Å². The molecule has 2 heterocycles. The van der Waals surface area contributed by atoms with E-state index in [-0.39, 0.29) is 36.7 Å². The highest BCUT2D eigenvalue weighted by Gasteiger charge is 2.35. The van der Waals surface area contributed by atoms with E-state index >= 15 is 0 Å². The molecule has 164 valence electrons. The van der Waals surface area contributed by atoms with Crippen LogP contribution >= 0.6 is 0 Å². The van der Waals surface area contributed by atoms with Gasteiger partial charge in [-0.05, 0) is 61.4 Å². The molecule has 0 aliphatic carbocycles. The van der Waals surface area contributed by atoms with Crippen molar-refractivity contribution in [1.82, 2.24) is 10.6 Å². The Bertz CT molecular complexity index is 1110. The second kappa shape index (κ2) is 9.15. The first kappa shape index (κ1) is 21.4. The van der Waals surface area contributed by atoms with Crippen LogP contribution in [0.2, 0.25) is 0 Å². The molecular weight excluding hydrogens is 404 g/mol. The molecule has 0 saturated carbocycles. The number of carbonyl (C=O) groups is 3. The molecule has 32 heavy (non-hydrogen) atoms. The summed E-state index contributed by atoms with van der Waals surface area (Å²) in [5.41, 5.74) is 4.76. The lowest BCUT2D eigenvalue weighted by atomic mass is 10.1. The number of hydrogen-bond donors (Lipinski definition) is 2. The number of aryl methyl sites for hydroxylation is 2. The van der Waals surface area contributed by atoms with Crippen molar-refractivity contribution in [2.45, 2.75) is 20.3 Å². The highest BCUT2D eigenvalue weighted by molar-refractivity contribution is 6.00. The molecule has 0 radical (unpaired) electrons. The number of amides is 4. The summed E-state index contributed by atoms with van der Waals surface area (Å²) < 4.78 is 0. The summed E-state index contributed by atoms with van der Waals surface area (Å²) in [5.74, 6) is 5.39. The molecule has 2 aliphatic rings. The van der Waals surface area contributed by atoms with Gasteiger partial charge >= 0.3 is 6.03 Å². The molecule has 4 rings (SSSR count). The van der Waals surface area contributed by atoms with E-state index in [4.69, 9.17) is 0 Å². The number of rotatable bonds is 4. The van der Waals surface area contributed by atoms with E-state index < -0.39 is 0 Å². The van der Waals surface area contributed by atoms with Crippen molar-refractivity contribution < 1.29 is 14.4 Å². The smallest absolute Gasteiger partial charge is 0.321 e. The summed E-state index contributed by atoms with van der Waals surface area (Å²) in [7, 11) is 0. The van der Waals surface area contributed by atoms with Gasteiger partial charge in [-0.1, -0.05) is 17.9 Å². The average molecular weight is 431 g/mol. The van der Waals surface area contributed by atoms with Gasteiger partial charge in [-0.15, -0.1) is 0 Å². The van der Waals surface area contributed by atoms with Gasteiger partial charge in [-0.25, -0.2) is 4.79 Å². The molecule has 2 fully saturated rings. The molecule has 0 bridgehead atoms. The van der Waals surface area contributed by atoms with Crippen LogP contribution in [0.4, 0.5) is 16.2 Å². The summed E-state index contributed by atoms with van der Waals surface area (Å²) in [4.78, 5) is 40.0. The van der Waals surface area contributed by atoms with Crippen molar-refractivity contribution in [1.29, 1.82) is 0 Å². The Kier molecular flexibility index (Phi) is 6.13. The van der Waals surface area contributed by atoms with Crippen LogP contribution in [0.25, 0.3) is 0 Å². The largest absolute Gasteiger partial charge is 0.345 e. The Hall–Kier alpha value is -3.79. The molecule has 1 unspecified atom stereocenters. The van der Waals surface area contributed by atoms with Crippen molar-refractivity contribution in [3.8, 4) is 11.8 Å². The van der Waals surface area contributed by atoms with Crippen molar-refractivity contribution in [3.63, 3.8) is 0 Å². The molecule has 4 amide bonds. The Labute approximate surface area is 187 Å². The molecule has 0 aromatic heterocycles. The molecule has 7 nitrogen and oxygen atoms in total. The molecule has 0 spiro atoms. The highest BCUT2D eigenvalue weighted by atomic mass is 16.2. The minimum absolute atomic E-state index is 0.0359. The number of benzene rings is 2. The first-order chi connectivity index (χ1) is 15.4. The van der Waals surface area contributed by atoms with Crippen LogP contribution < -0.4 is 20.4 Å². The van der Waals surface area contributed by atoms with E-state index in [2.05, 4.69) is 22.5 Å². The zero-order valence-electron chi connectivity index (χ0n) is 18.3. The minimum Gasteiger partial charge on any atom is -0.345 e. The van der Waals surface area contributed by atoms with Gasteiger partial charge in [0.05, 0.1) is 12.5 Å². The maximum atomic E-state index is 12.5. The summed E-state index contributed by atoms with van der Waals surface area (Å²) >= 11 is 0. The third-order valence-electron chi connectivity index (χ3n) is 5.92. The fourth-order valence-electron chi connectivity index (χ4n) is 3.89. The highest BCUT2D eigenvalue weighted by Crippen LogP contribution is 2.27. The molecule has 2 aromatic carbocycles. The van der Waals surface area contributed by atoms with Gasteiger partial charge in [0.2, 0.25) is 11.8 Å². The Morgan fingerprint density at radius 3 is 2.50 bits per heavy atom. The normalized spacial score (nSPS) is 17.8. The second-order valence-electron chi connectivity index (χ2n) is 8.12. The van der Waals surface area contributed by atoms with Crippen LogP contribution in [0.5, 0.6) is 0 Å². The number of nitrogens with one attached hydrogen (secondary N) is 2. The van der Waals surface area contributed by atoms with Crippen LogP contribution in [0.1, 0.15) is 23.1 Å². The topological polar surface area (TPSA) is 81.8 Å². The fourth-order valence-corrected chi connectivity index (χ4v) is 3.89. The van der Waals surface area contributed by atoms with Gasteiger partial charge in [0.25, 0.3) is 0 Å². The molecule has 7 heteroatoms.